The molecule has 2 heterocycles. The van der Waals surface area contributed by atoms with Gasteiger partial charge in [0.1, 0.15) is 5.49 Å². The smallest absolute Gasteiger partial charge is 0.125 e. The van der Waals surface area contributed by atoms with Crippen molar-refractivity contribution < 1.29 is 0 Å². The summed E-state index contributed by atoms with van der Waals surface area (Å²) in [5.41, 5.74) is 3.70. The van der Waals surface area contributed by atoms with E-state index in [9.17, 15) is 0 Å². The van der Waals surface area contributed by atoms with E-state index < -0.39 is 0 Å². The molecule has 20 heavy (non-hydrogen) atoms. The fourth-order valence-corrected chi connectivity index (χ4v) is 2.56. The van der Waals surface area contributed by atoms with Crippen molar-refractivity contribution >= 4 is 22.5 Å². The third kappa shape index (κ3) is 2.45. The summed E-state index contributed by atoms with van der Waals surface area (Å²) < 4.78 is 1.82. The van der Waals surface area contributed by atoms with Gasteiger partial charge in [0.25, 0.3) is 0 Å². The van der Waals surface area contributed by atoms with E-state index in [-0.39, 0.29) is 0 Å². The molecule has 3 aromatic rings. The fraction of sp³-hybridized carbons (Fsp3) is 0.125. The van der Waals surface area contributed by atoms with E-state index in [0.29, 0.717) is 17.1 Å². The van der Waals surface area contributed by atoms with Crippen molar-refractivity contribution in [3.63, 3.8) is 0 Å². The van der Waals surface area contributed by atoms with Gasteiger partial charge in [-0.1, -0.05) is 29.3 Å². The van der Waals surface area contributed by atoms with Crippen LogP contribution in [0.25, 0.3) is 10.9 Å². The number of halogens is 1. The summed E-state index contributed by atoms with van der Waals surface area (Å²) in [4.78, 5) is 4.46. The second-order valence-electron chi connectivity index (χ2n) is 4.86. The normalized spacial score (nSPS) is 10.9. The number of fused-ring (bicyclic) bond motifs is 1. The van der Waals surface area contributed by atoms with Crippen LogP contribution >= 0.6 is 11.6 Å². The maximum absolute atomic E-state index is 7.96. The number of pyridine rings is 2. The molecule has 0 amide bonds. The molecular formula is C16H14ClN3. The van der Waals surface area contributed by atoms with Crippen molar-refractivity contribution in [2.75, 3.05) is 0 Å². The van der Waals surface area contributed by atoms with Crippen LogP contribution in [0.15, 0.2) is 48.8 Å². The van der Waals surface area contributed by atoms with Crippen LogP contribution in [0.3, 0.4) is 0 Å². The van der Waals surface area contributed by atoms with Gasteiger partial charge in [0.05, 0.1) is 17.1 Å². The Morgan fingerprint density at radius 3 is 2.95 bits per heavy atom. The molecule has 0 spiro atoms. The summed E-state index contributed by atoms with van der Waals surface area (Å²) in [7, 11) is 0. The van der Waals surface area contributed by atoms with Crippen LogP contribution < -0.4 is 5.49 Å². The van der Waals surface area contributed by atoms with E-state index in [2.05, 4.69) is 30.1 Å². The molecule has 0 saturated carbocycles. The second kappa shape index (κ2) is 5.10. The number of nitrogens with one attached hydrogen (secondary N) is 1. The van der Waals surface area contributed by atoms with Gasteiger partial charge >= 0.3 is 0 Å². The summed E-state index contributed by atoms with van der Waals surface area (Å²) in [6, 6.07) is 11.7. The predicted octanol–water partition coefficient (Wildman–Crippen LogP) is 3.53. The molecule has 0 aliphatic heterocycles. The Morgan fingerprint density at radius 2 is 2.10 bits per heavy atom. The summed E-state index contributed by atoms with van der Waals surface area (Å²) in [6.07, 6.45) is 3.58. The van der Waals surface area contributed by atoms with Gasteiger partial charge in [-0.3, -0.25) is 10.4 Å². The number of benzene rings is 1. The van der Waals surface area contributed by atoms with Gasteiger partial charge < -0.3 is 4.57 Å². The molecule has 1 N–H and O–H groups in total. The van der Waals surface area contributed by atoms with Crippen molar-refractivity contribution in [3.05, 3.63) is 70.4 Å². The molecule has 1 aromatic carbocycles. The second-order valence-corrected chi connectivity index (χ2v) is 5.30. The number of hydrogen-bond donors (Lipinski definition) is 1. The van der Waals surface area contributed by atoms with Gasteiger partial charge in [0, 0.05) is 17.8 Å². The quantitative estimate of drug-likeness (QED) is 0.768. The Kier molecular flexibility index (Phi) is 3.28. The first-order chi connectivity index (χ1) is 9.63. The van der Waals surface area contributed by atoms with Crippen LogP contribution in [0.1, 0.15) is 11.1 Å². The average Bonchev–Trinajstić information content (AvgIpc) is 2.43. The summed E-state index contributed by atoms with van der Waals surface area (Å²) in [5.74, 6) is 0. The van der Waals surface area contributed by atoms with Crippen molar-refractivity contribution in [2.45, 2.75) is 13.5 Å². The lowest BCUT2D eigenvalue weighted by atomic mass is 10.1. The Hall–Kier alpha value is -2.13. The number of nitrogens with zero attached hydrogens (tertiary/aromatic N) is 2. The van der Waals surface area contributed by atoms with Crippen LogP contribution in [-0.2, 0) is 6.54 Å². The van der Waals surface area contributed by atoms with Crippen LogP contribution in [0, 0.1) is 12.3 Å². The molecule has 0 aliphatic rings. The highest BCUT2D eigenvalue weighted by Crippen LogP contribution is 2.19. The Balaban J connectivity index is 2.15. The molecule has 0 unspecified atom stereocenters. The van der Waals surface area contributed by atoms with E-state index in [4.69, 9.17) is 17.0 Å². The third-order valence-corrected chi connectivity index (χ3v) is 3.48. The minimum Gasteiger partial charge on any atom is -0.328 e. The van der Waals surface area contributed by atoms with E-state index in [0.717, 1.165) is 16.5 Å². The van der Waals surface area contributed by atoms with Crippen molar-refractivity contribution in [2.24, 2.45) is 0 Å². The van der Waals surface area contributed by atoms with Crippen molar-refractivity contribution in [1.29, 1.82) is 5.41 Å². The zero-order valence-electron chi connectivity index (χ0n) is 11.1. The Labute approximate surface area is 122 Å². The monoisotopic (exact) mass is 283 g/mol. The summed E-state index contributed by atoms with van der Waals surface area (Å²) in [6.45, 7) is 2.66. The molecular weight excluding hydrogens is 270 g/mol. The lowest BCUT2D eigenvalue weighted by Crippen LogP contribution is -2.19. The lowest BCUT2D eigenvalue weighted by Gasteiger charge is -2.11. The van der Waals surface area contributed by atoms with Crippen molar-refractivity contribution in [1.82, 2.24) is 9.55 Å². The van der Waals surface area contributed by atoms with Crippen LogP contribution in [0.5, 0.6) is 0 Å². The minimum atomic E-state index is 0.431. The molecule has 100 valence electrons. The maximum Gasteiger partial charge on any atom is 0.125 e. The average molecular weight is 284 g/mol. The van der Waals surface area contributed by atoms with Crippen LogP contribution in [-0.4, -0.2) is 9.55 Å². The van der Waals surface area contributed by atoms with Gasteiger partial charge in [0.15, 0.2) is 0 Å². The molecule has 0 radical (unpaired) electrons. The topological polar surface area (TPSA) is 41.7 Å². The molecule has 4 heteroatoms. The number of rotatable bonds is 2. The SMILES string of the molecule is Cc1cc(Cn2cc(Cl)ccc2=N)c2ncccc2c1. The Bertz CT molecular complexity index is 836. The zero-order valence-corrected chi connectivity index (χ0v) is 11.9. The number of aryl methyl sites for hydroxylation is 1. The van der Waals surface area contributed by atoms with Crippen LogP contribution in [0.4, 0.5) is 0 Å². The third-order valence-electron chi connectivity index (χ3n) is 3.26. The van der Waals surface area contributed by atoms with E-state index in [1.54, 1.807) is 24.5 Å². The molecule has 0 fully saturated rings. The summed E-state index contributed by atoms with van der Waals surface area (Å²) >= 11 is 6.01. The van der Waals surface area contributed by atoms with Gasteiger partial charge in [-0.25, -0.2) is 0 Å². The first-order valence-corrected chi connectivity index (χ1v) is 6.76. The maximum atomic E-state index is 7.96. The van der Waals surface area contributed by atoms with E-state index in [1.807, 2.05) is 10.6 Å². The first kappa shape index (κ1) is 12.9. The first-order valence-electron chi connectivity index (χ1n) is 6.38. The number of aromatic nitrogens is 2. The summed E-state index contributed by atoms with van der Waals surface area (Å²) in [5, 5.41) is 9.71. The molecule has 2 aromatic heterocycles. The van der Waals surface area contributed by atoms with Crippen LogP contribution in [0.2, 0.25) is 5.02 Å². The fourth-order valence-electron chi connectivity index (χ4n) is 2.38. The largest absolute Gasteiger partial charge is 0.328 e. The van der Waals surface area contributed by atoms with E-state index >= 15 is 0 Å². The van der Waals surface area contributed by atoms with Gasteiger partial charge in [-0.05, 0) is 36.8 Å². The minimum absolute atomic E-state index is 0.431. The van der Waals surface area contributed by atoms with E-state index in [1.165, 1.54) is 5.56 Å². The van der Waals surface area contributed by atoms with Gasteiger partial charge in [-0.15, -0.1) is 0 Å². The molecule has 3 rings (SSSR count). The highest BCUT2D eigenvalue weighted by atomic mass is 35.5. The molecule has 0 atom stereocenters. The van der Waals surface area contributed by atoms with Crippen molar-refractivity contribution in [3.8, 4) is 0 Å². The predicted molar refractivity (Wildman–Crippen MR) is 80.9 cm³/mol. The highest BCUT2D eigenvalue weighted by Gasteiger charge is 2.05. The molecule has 0 bridgehead atoms. The lowest BCUT2D eigenvalue weighted by molar-refractivity contribution is 0.734. The molecule has 0 aliphatic carbocycles. The molecule has 0 saturated heterocycles. The zero-order chi connectivity index (χ0) is 14.1. The molecule has 3 nitrogen and oxygen atoms in total. The number of hydrogen-bond acceptors (Lipinski definition) is 2. The Morgan fingerprint density at radius 1 is 1.25 bits per heavy atom. The van der Waals surface area contributed by atoms with Gasteiger partial charge in [0.2, 0.25) is 0 Å². The standard InChI is InChI=1S/C16H14ClN3/c1-11-7-12-3-2-6-19-16(12)13(8-11)9-20-10-14(17)4-5-15(20)18/h2-8,10,18H,9H2,1H3. The van der Waals surface area contributed by atoms with Gasteiger partial charge in [-0.2, -0.15) is 0 Å². The highest BCUT2D eigenvalue weighted by molar-refractivity contribution is 6.30.